The van der Waals surface area contributed by atoms with Crippen LogP contribution in [-0.2, 0) is 35.2 Å². The van der Waals surface area contributed by atoms with Crippen LogP contribution in [0, 0.1) is 23.7 Å². The van der Waals surface area contributed by atoms with Crippen molar-refractivity contribution in [2.24, 2.45) is 23.7 Å². The third-order valence-electron chi connectivity index (χ3n) is 12.3. The number of nitrogens with zero attached hydrogens (tertiary/aromatic N) is 4. The van der Waals surface area contributed by atoms with Crippen LogP contribution < -0.4 is 16.0 Å². The fourth-order valence-electron chi connectivity index (χ4n) is 8.80. The normalized spacial score (nSPS) is 18.6. The van der Waals surface area contributed by atoms with E-state index in [2.05, 4.69) is 20.9 Å². The fraction of sp³-hybridized carbons (Fsp3) is 0.652. The highest BCUT2D eigenvalue weighted by molar-refractivity contribution is 5.90. The van der Waals surface area contributed by atoms with Gasteiger partial charge in [-0.1, -0.05) is 85.2 Å². The van der Waals surface area contributed by atoms with Gasteiger partial charge in [0, 0.05) is 40.6 Å². The average molecular weight is 868 g/mol. The van der Waals surface area contributed by atoms with Gasteiger partial charge in [0.25, 0.3) is 0 Å². The number of ether oxygens (including phenoxy) is 2. The highest BCUT2D eigenvalue weighted by Crippen LogP contribution is 2.30. The van der Waals surface area contributed by atoms with Gasteiger partial charge in [0.2, 0.25) is 23.6 Å². The van der Waals surface area contributed by atoms with Crippen molar-refractivity contribution in [2.45, 2.75) is 136 Å². The molecule has 0 saturated carbocycles. The maximum absolute atomic E-state index is 14.6. The van der Waals surface area contributed by atoms with Crippen molar-refractivity contribution in [3.8, 4) is 0 Å². The minimum absolute atomic E-state index is 0.0193. The van der Waals surface area contributed by atoms with E-state index in [1.807, 2.05) is 64.6 Å². The molecule has 3 rings (SSSR count). The molecule has 346 valence electrons. The van der Waals surface area contributed by atoms with Crippen LogP contribution in [0.15, 0.2) is 48.7 Å². The monoisotopic (exact) mass is 868 g/mol. The van der Waals surface area contributed by atoms with Crippen LogP contribution in [0.2, 0.25) is 0 Å². The Morgan fingerprint density at radius 1 is 0.919 bits per heavy atom. The maximum atomic E-state index is 14.6. The number of aliphatic hydroxyl groups is 1. The molecule has 1 fully saturated rings. The van der Waals surface area contributed by atoms with E-state index in [1.165, 1.54) is 13.3 Å². The summed E-state index contributed by atoms with van der Waals surface area (Å²) in [6.45, 7) is 16.0. The van der Waals surface area contributed by atoms with E-state index in [1.54, 1.807) is 69.1 Å². The van der Waals surface area contributed by atoms with Crippen LogP contribution in [0.4, 0.5) is 10.6 Å². The van der Waals surface area contributed by atoms with E-state index in [9.17, 15) is 29.1 Å². The summed E-state index contributed by atoms with van der Waals surface area (Å²) in [6, 6.07) is 9.52. The first-order valence-electron chi connectivity index (χ1n) is 21.9. The van der Waals surface area contributed by atoms with Gasteiger partial charge in [-0.15, -0.1) is 0 Å². The molecule has 2 heterocycles. The van der Waals surface area contributed by atoms with E-state index in [0.29, 0.717) is 31.5 Å². The zero-order valence-electron chi connectivity index (χ0n) is 38.8. The molecular weight excluding hydrogens is 795 g/mol. The van der Waals surface area contributed by atoms with Gasteiger partial charge in [0.05, 0.1) is 54.8 Å². The Morgan fingerprint density at radius 2 is 1.58 bits per heavy atom. The molecule has 1 aromatic carbocycles. The third kappa shape index (κ3) is 13.7. The van der Waals surface area contributed by atoms with Crippen molar-refractivity contribution in [2.75, 3.05) is 40.2 Å². The first kappa shape index (κ1) is 51.7. The Hall–Kier alpha value is -4.64. The second-order valence-corrected chi connectivity index (χ2v) is 17.6. The fourth-order valence-corrected chi connectivity index (χ4v) is 8.80. The molecular formula is C46H73N7O9. The number of carboxylic acid groups (broad SMARTS) is 1. The first-order chi connectivity index (χ1) is 29.3. The smallest absolute Gasteiger partial charge is 0.410 e. The number of methoxy groups -OCH3 is 2. The van der Waals surface area contributed by atoms with Crippen LogP contribution in [0.3, 0.4) is 0 Å². The number of nitrogens with one attached hydrogen (secondary N) is 3. The standard InChI is InChI=1S/C46H73N7O9/c1-13-29(6)40(52(10)45(58)38(27(2)3)50-44(57)39(28(4)5)51(9)26-32-21-22-47-36(24-32)49-46(59)60)35(61-11)25-37(54)53-23-17-20-34(53)42(62-12)30(7)43(56)48-31(8)41(55)33-18-15-14-16-19-33/h14-16,18-19,21-22,24,27-31,34-35,38-42,55H,13,17,20,23,25-26H2,1-12H3,(H,47,49)(H,48,56)(H,50,57)(H,59,60)/t29-,30+,31+,34-,35+,38-,39-,40-,41-,42+/m0/s1. The van der Waals surface area contributed by atoms with Gasteiger partial charge in [-0.2, -0.15) is 0 Å². The Kier molecular flexibility index (Phi) is 20.2. The second-order valence-electron chi connectivity index (χ2n) is 17.6. The number of hydrogen-bond acceptors (Lipinski definition) is 10. The predicted octanol–water partition coefficient (Wildman–Crippen LogP) is 4.93. The van der Waals surface area contributed by atoms with Gasteiger partial charge < -0.3 is 40.1 Å². The number of rotatable bonds is 23. The minimum atomic E-state index is -1.23. The minimum Gasteiger partial charge on any atom is -0.465 e. The molecule has 1 saturated heterocycles. The summed E-state index contributed by atoms with van der Waals surface area (Å²) in [7, 11) is 6.58. The number of carbonyl (C=O) groups excluding carboxylic acids is 4. The topological polar surface area (TPSA) is 203 Å². The Bertz CT molecular complexity index is 1760. The lowest BCUT2D eigenvalue weighted by Crippen LogP contribution is -2.60. The van der Waals surface area contributed by atoms with Crippen LogP contribution in [0.25, 0.3) is 0 Å². The highest BCUT2D eigenvalue weighted by atomic mass is 16.5. The van der Waals surface area contributed by atoms with Crippen LogP contribution in [0.5, 0.6) is 0 Å². The number of aliphatic hydroxyl groups excluding tert-OH is 1. The molecule has 0 radical (unpaired) electrons. The Labute approximate surface area is 368 Å². The molecule has 0 unspecified atom stereocenters. The molecule has 1 aliphatic rings. The van der Waals surface area contributed by atoms with Crippen molar-refractivity contribution in [1.82, 2.24) is 30.3 Å². The Morgan fingerprint density at radius 3 is 2.15 bits per heavy atom. The number of carbonyl (C=O) groups is 5. The second kappa shape index (κ2) is 24.3. The molecule has 1 aromatic heterocycles. The lowest BCUT2D eigenvalue weighted by atomic mass is 9.89. The molecule has 0 bridgehead atoms. The molecule has 0 spiro atoms. The largest absolute Gasteiger partial charge is 0.465 e. The predicted molar refractivity (Wildman–Crippen MR) is 238 cm³/mol. The number of likely N-dealkylation sites (tertiary alicyclic amines) is 1. The molecule has 0 aliphatic carbocycles. The summed E-state index contributed by atoms with van der Waals surface area (Å²) >= 11 is 0. The first-order valence-corrected chi connectivity index (χ1v) is 21.9. The van der Waals surface area contributed by atoms with Crippen molar-refractivity contribution in [1.29, 1.82) is 0 Å². The molecule has 10 atom stereocenters. The van der Waals surface area contributed by atoms with Crippen molar-refractivity contribution in [3.63, 3.8) is 0 Å². The molecule has 62 heavy (non-hydrogen) atoms. The molecule has 5 amide bonds. The van der Waals surface area contributed by atoms with Gasteiger partial charge in [-0.25, -0.2) is 9.78 Å². The van der Waals surface area contributed by atoms with Crippen LogP contribution in [-0.4, -0.2) is 137 Å². The number of likely N-dealkylation sites (N-methyl/N-ethyl adjacent to an activating group) is 2. The van der Waals surface area contributed by atoms with E-state index in [-0.39, 0.29) is 59.7 Å². The van der Waals surface area contributed by atoms with Gasteiger partial charge in [-0.05, 0) is 67.8 Å². The number of benzene rings is 1. The van der Waals surface area contributed by atoms with Crippen LogP contribution in [0.1, 0.15) is 98.3 Å². The number of pyridine rings is 1. The Balaban J connectivity index is 1.77. The SMILES string of the molecule is CC[C@H](C)[C@@H]([C@@H](CC(=O)N1CCC[C@H]1[C@H](OC)[C@@H](C)C(=O)N[C@H](C)[C@H](O)c1ccccc1)OC)N(C)C(=O)[C@@H](NC(=O)[C@H](C(C)C)N(C)Cc1ccnc(NC(=O)O)c1)C(C)C. The number of aromatic nitrogens is 1. The van der Waals surface area contributed by atoms with Gasteiger partial charge in [0.15, 0.2) is 0 Å². The van der Waals surface area contributed by atoms with E-state index >= 15 is 0 Å². The van der Waals surface area contributed by atoms with E-state index < -0.39 is 54.5 Å². The molecule has 1 aliphatic heterocycles. The molecule has 2 aromatic rings. The van der Waals surface area contributed by atoms with Gasteiger partial charge in [0.1, 0.15) is 11.9 Å². The highest BCUT2D eigenvalue weighted by Gasteiger charge is 2.43. The third-order valence-corrected chi connectivity index (χ3v) is 12.3. The van der Waals surface area contributed by atoms with Crippen molar-refractivity contribution in [3.05, 3.63) is 59.8 Å². The van der Waals surface area contributed by atoms with Gasteiger partial charge >= 0.3 is 6.09 Å². The molecule has 16 nitrogen and oxygen atoms in total. The van der Waals surface area contributed by atoms with E-state index in [4.69, 9.17) is 14.6 Å². The summed E-state index contributed by atoms with van der Waals surface area (Å²) < 4.78 is 12.0. The molecule has 5 N–H and O–H groups in total. The zero-order chi connectivity index (χ0) is 46.4. The molecule has 16 heteroatoms. The summed E-state index contributed by atoms with van der Waals surface area (Å²) in [5.41, 5.74) is 1.44. The quantitative estimate of drug-likeness (QED) is 0.101. The number of amides is 5. The lowest BCUT2D eigenvalue weighted by Gasteiger charge is -2.41. The maximum Gasteiger partial charge on any atom is 0.410 e. The van der Waals surface area contributed by atoms with Gasteiger partial charge in [-0.3, -0.25) is 29.4 Å². The lowest BCUT2D eigenvalue weighted by molar-refractivity contribution is -0.148. The number of hydrogen-bond donors (Lipinski definition) is 5. The zero-order valence-corrected chi connectivity index (χ0v) is 38.8. The summed E-state index contributed by atoms with van der Waals surface area (Å²) in [5.74, 6) is -2.06. The summed E-state index contributed by atoms with van der Waals surface area (Å²) in [4.78, 5) is 77.0. The summed E-state index contributed by atoms with van der Waals surface area (Å²) in [5, 5.41) is 28.3. The number of anilines is 1. The summed E-state index contributed by atoms with van der Waals surface area (Å²) in [6.07, 6.45) is 0.113. The van der Waals surface area contributed by atoms with Crippen LogP contribution >= 0.6 is 0 Å². The van der Waals surface area contributed by atoms with E-state index in [0.717, 1.165) is 12.0 Å². The average Bonchev–Trinajstić information content (AvgIpc) is 3.71. The van der Waals surface area contributed by atoms with Crippen molar-refractivity contribution >= 4 is 35.5 Å². The van der Waals surface area contributed by atoms with Crippen molar-refractivity contribution < 1.29 is 43.7 Å².